The van der Waals surface area contributed by atoms with Gasteiger partial charge in [-0.05, 0) is 51.6 Å². The Morgan fingerprint density at radius 1 is 1.24 bits per heavy atom. The van der Waals surface area contributed by atoms with E-state index >= 15 is 0 Å². The van der Waals surface area contributed by atoms with Crippen molar-refractivity contribution in [3.63, 3.8) is 0 Å². The molecular formula is C15H32N2. The normalized spacial score (nSPS) is 20.3. The first-order valence-corrected chi connectivity index (χ1v) is 7.70. The summed E-state index contributed by atoms with van der Waals surface area (Å²) in [7, 11) is 0. The van der Waals surface area contributed by atoms with Crippen LogP contribution >= 0.6 is 0 Å². The molecule has 0 amide bonds. The largest absolute Gasteiger partial charge is 0.312 e. The molecule has 1 aliphatic carbocycles. The monoisotopic (exact) mass is 240 g/mol. The van der Waals surface area contributed by atoms with Gasteiger partial charge in [0.15, 0.2) is 0 Å². The maximum absolute atomic E-state index is 3.70. The third kappa shape index (κ3) is 4.59. The molecule has 17 heavy (non-hydrogen) atoms. The Labute approximate surface area is 108 Å². The zero-order chi connectivity index (χ0) is 12.7. The van der Waals surface area contributed by atoms with Crippen molar-refractivity contribution >= 4 is 0 Å². The number of nitrogens with zero attached hydrogens (tertiary/aromatic N) is 1. The highest BCUT2D eigenvalue weighted by Gasteiger charge is 2.25. The molecular weight excluding hydrogens is 208 g/mol. The molecule has 0 heterocycles. The van der Waals surface area contributed by atoms with Crippen LogP contribution in [0.3, 0.4) is 0 Å². The first-order valence-electron chi connectivity index (χ1n) is 7.70. The topological polar surface area (TPSA) is 15.3 Å². The van der Waals surface area contributed by atoms with Crippen LogP contribution in [0.5, 0.6) is 0 Å². The van der Waals surface area contributed by atoms with Gasteiger partial charge < -0.3 is 5.32 Å². The van der Waals surface area contributed by atoms with Gasteiger partial charge in [0.25, 0.3) is 0 Å². The van der Waals surface area contributed by atoms with E-state index < -0.39 is 0 Å². The third-order valence-electron chi connectivity index (χ3n) is 4.38. The Morgan fingerprint density at radius 3 is 2.35 bits per heavy atom. The molecule has 0 spiro atoms. The van der Waals surface area contributed by atoms with Crippen LogP contribution in [-0.4, -0.2) is 36.6 Å². The predicted octanol–water partition coefficient (Wildman–Crippen LogP) is 3.28. The Kier molecular flexibility index (Phi) is 7.14. The van der Waals surface area contributed by atoms with E-state index in [2.05, 4.69) is 37.9 Å². The van der Waals surface area contributed by atoms with Crippen molar-refractivity contribution < 1.29 is 0 Å². The summed E-state index contributed by atoms with van der Waals surface area (Å²) in [5, 5.41) is 3.70. The maximum atomic E-state index is 3.70. The zero-order valence-electron chi connectivity index (χ0n) is 12.3. The van der Waals surface area contributed by atoms with Gasteiger partial charge in [0.1, 0.15) is 0 Å². The number of nitrogens with one attached hydrogen (secondary N) is 1. The van der Waals surface area contributed by atoms with Gasteiger partial charge in [0.2, 0.25) is 0 Å². The number of hydrogen-bond acceptors (Lipinski definition) is 2. The highest BCUT2D eigenvalue weighted by Crippen LogP contribution is 2.28. The predicted molar refractivity (Wildman–Crippen MR) is 76.4 cm³/mol. The summed E-state index contributed by atoms with van der Waals surface area (Å²) in [6.07, 6.45) is 6.85. The minimum atomic E-state index is 0.662. The fourth-order valence-corrected chi connectivity index (χ4v) is 2.83. The van der Waals surface area contributed by atoms with Crippen LogP contribution in [0.1, 0.15) is 59.8 Å². The van der Waals surface area contributed by atoms with Crippen LogP contribution in [0.25, 0.3) is 0 Å². The van der Waals surface area contributed by atoms with Crippen LogP contribution in [0.4, 0.5) is 0 Å². The minimum absolute atomic E-state index is 0.662. The average molecular weight is 240 g/mol. The van der Waals surface area contributed by atoms with E-state index in [4.69, 9.17) is 0 Å². The van der Waals surface area contributed by atoms with E-state index in [0.29, 0.717) is 12.1 Å². The fraction of sp³-hybridized carbons (Fsp3) is 1.00. The summed E-state index contributed by atoms with van der Waals surface area (Å²) in [6, 6.07) is 1.34. The highest BCUT2D eigenvalue weighted by molar-refractivity contribution is 4.83. The summed E-state index contributed by atoms with van der Waals surface area (Å²) in [5.41, 5.74) is 0. The van der Waals surface area contributed by atoms with Gasteiger partial charge in [-0.3, -0.25) is 4.90 Å². The van der Waals surface area contributed by atoms with Crippen LogP contribution < -0.4 is 5.32 Å². The molecule has 0 bridgehead atoms. The Balaban J connectivity index is 2.40. The molecule has 0 aromatic heterocycles. The second-order valence-electron chi connectivity index (χ2n) is 5.59. The molecule has 2 atom stereocenters. The zero-order valence-corrected chi connectivity index (χ0v) is 12.3. The molecule has 0 radical (unpaired) electrons. The summed E-state index contributed by atoms with van der Waals surface area (Å²) in [4.78, 5) is 2.68. The SMILES string of the molecule is CCCNC(CC)C(C)N(CC)CC1CCC1. The second-order valence-corrected chi connectivity index (χ2v) is 5.59. The quantitative estimate of drug-likeness (QED) is 0.665. The van der Waals surface area contributed by atoms with E-state index in [1.807, 2.05) is 0 Å². The Morgan fingerprint density at radius 2 is 1.94 bits per heavy atom. The van der Waals surface area contributed by atoms with E-state index in [1.165, 1.54) is 45.2 Å². The average Bonchev–Trinajstić information content (AvgIpc) is 2.28. The van der Waals surface area contributed by atoms with Gasteiger partial charge in [-0.1, -0.05) is 27.2 Å². The number of hydrogen-bond donors (Lipinski definition) is 1. The third-order valence-corrected chi connectivity index (χ3v) is 4.38. The Hall–Kier alpha value is -0.0800. The molecule has 1 aliphatic rings. The molecule has 0 aromatic rings. The lowest BCUT2D eigenvalue weighted by Crippen LogP contribution is -2.50. The minimum Gasteiger partial charge on any atom is -0.312 e. The molecule has 1 rings (SSSR count). The summed E-state index contributed by atoms with van der Waals surface area (Å²) >= 11 is 0. The van der Waals surface area contributed by atoms with Gasteiger partial charge in [-0.2, -0.15) is 0 Å². The molecule has 1 fully saturated rings. The van der Waals surface area contributed by atoms with Gasteiger partial charge in [-0.15, -0.1) is 0 Å². The van der Waals surface area contributed by atoms with Crippen molar-refractivity contribution in [2.45, 2.75) is 71.9 Å². The molecule has 0 aliphatic heterocycles. The molecule has 0 saturated heterocycles. The van der Waals surface area contributed by atoms with Crippen molar-refractivity contribution in [1.82, 2.24) is 10.2 Å². The van der Waals surface area contributed by atoms with Gasteiger partial charge in [-0.25, -0.2) is 0 Å². The first kappa shape index (κ1) is 15.0. The molecule has 2 nitrogen and oxygen atoms in total. The molecule has 2 heteroatoms. The van der Waals surface area contributed by atoms with E-state index in [9.17, 15) is 0 Å². The van der Waals surface area contributed by atoms with Gasteiger partial charge in [0, 0.05) is 18.6 Å². The lowest BCUT2D eigenvalue weighted by molar-refractivity contribution is 0.121. The molecule has 0 aromatic carbocycles. The van der Waals surface area contributed by atoms with Gasteiger partial charge in [0.05, 0.1) is 0 Å². The lowest BCUT2D eigenvalue weighted by atomic mass is 9.84. The van der Waals surface area contributed by atoms with Crippen molar-refractivity contribution in [3.8, 4) is 0 Å². The number of rotatable bonds is 9. The second kappa shape index (κ2) is 8.10. The summed E-state index contributed by atoms with van der Waals surface area (Å²) in [5.74, 6) is 0.987. The van der Waals surface area contributed by atoms with Crippen molar-refractivity contribution in [3.05, 3.63) is 0 Å². The first-order chi connectivity index (χ1) is 8.22. The maximum Gasteiger partial charge on any atom is 0.0220 e. The highest BCUT2D eigenvalue weighted by atomic mass is 15.2. The van der Waals surface area contributed by atoms with Crippen molar-refractivity contribution in [1.29, 1.82) is 0 Å². The van der Waals surface area contributed by atoms with Gasteiger partial charge >= 0.3 is 0 Å². The standard InChI is InChI=1S/C15H32N2/c1-5-11-16-15(6-2)13(4)17(7-3)12-14-9-8-10-14/h13-16H,5-12H2,1-4H3. The number of likely N-dealkylation sites (N-methyl/N-ethyl adjacent to an activating group) is 1. The van der Waals surface area contributed by atoms with Crippen molar-refractivity contribution in [2.24, 2.45) is 5.92 Å². The van der Waals surface area contributed by atoms with E-state index in [1.54, 1.807) is 0 Å². The molecule has 1 N–H and O–H groups in total. The van der Waals surface area contributed by atoms with Crippen LogP contribution in [0, 0.1) is 5.92 Å². The smallest absolute Gasteiger partial charge is 0.0220 e. The van der Waals surface area contributed by atoms with Crippen LogP contribution in [0.2, 0.25) is 0 Å². The molecule has 1 saturated carbocycles. The summed E-state index contributed by atoms with van der Waals surface area (Å²) < 4.78 is 0. The van der Waals surface area contributed by atoms with Crippen LogP contribution in [0.15, 0.2) is 0 Å². The Bertz CT molecular complexity index is 189. The van der Waals surface area contributed by atoms with E-state index in [0.717, 1.165) is 12.5 Å². The summed E-state index contributed by atoms with van der Waals surface area (Å²) in [6.45, 7) is 12.9. The molecule has 102 valence electrons. The molecule has 2 unspecified atom stereocenters. The van der Waals surface area contributed by atoms with Crippen LogP contribution in [-0.2, 0) is 0 Å². The van der Waals surface area contributed by atoms with E-state index in [-0.39, 0.29) is 0 Å². The van der Waals surface area contributed by atoms with Crippen molar-refractivity contribution in [2.75, 3.05) is 19.6 Å². The fourth-order valence-electron chi connectivity index (χ4n) is 2.83. The lowest BCUT2D eigenvalue weighted by Gasteiger charge is -2.38.